The van der Waals surface area contributed by atoms with E-state index in [1.54, 1.807) is 42.5 Å². The van der Waals surface area contributed by atoms with Crippen molar-refractivity contribution < 1.29 is 9.90 Å². The summed E-state index contributed by atoms with van der Waals surface area (Å²) in [4.78, 5) is 12.0. The van der Waals surface area contributed by atoms with Crippen LogP contribution in [0.1, 0.15) is 10.4 Å². The number of carbonyl (C=O) groups is 1. The van der Waals surface area contributed by atoms with Crippen molar-refractivity contribution in [1.82, 2.24) is 0 Å². The third-order valence-electron chi connectivity index (χ3n) is 2.67. The molecule has 0 atom stereocenters. The van der Waals surface area contributed by atoms with Crippen molar-refractivity contribution >= 4 is 16.6 Å². The molecule has 0 fully saturated rings. The van der Waals surface area contributed by atoms with E-state index in [9.17, 15) is 9.90 Å². The molecular formula is C14H8N2O2. The van der Waals surface area contributed by atoms with Gasteiger partial charge in [0.15, 0.2) is 11.7 Å². The Balaban J connectivity index is 2.72. The van der Waals surface area contributed by atoms with Crippen LogP contribution >= 0.6 is 0 Å². The van der Waals surface area contributed by atoms with Crippen molar-refractivity contribution in [3.8, 4) is 17.9 Å². The molecule has 1 N–H and O–H groups in total. The fourth-order valence-corrected chi connectivity index (χ4v) is 1.81. The van der Waals surface area contributed by atoms with Gasteiger partial charge < -0.3 is 5.11 Å². The van der Waals surface area contributed by atoms with Crippen LogP contribution in [-0.4, -0.2) is 10.9 Å². The second-order valence-corrected chi connectivity index (χ2v) is 3.74. The minimum absolute atomic E-state index is 0.0289. The van der Waals surface area contributed by atoms with E-state index in [1.807, 2.05) is 0 Å². The molecule has 0 aromatic heterocycles. The Bertz CT molecular complexity index is 694. The Morgan fingerprint density at radius 3 is 2.44 bits per heavy atom. The molecule has 0 bridgehead atoms. The van der Waals surface area contributed by atoms with Crippen LogP contribution in [-0.2, 0) is 0 Å². The zero-order valence-electron chi connectivity index (χ0n) is 9.29. The number of aromatic hydroxyl groups is 1. The molecule has 0 heterocycles. The zero-order valence-corrected chi connectivity index (χ0v) is 9.29. The highest BCUT2D eigenvalue weighted by Gasteiger charge is 2.23. The van der Waals surface area contributed by atoms with E-state index in [0.717, 1.165) is 5.39 Å². The molecule has 0 spiro atoms. The van der Waals surface area contributed by atoms with Gasteiger partial charge in [0.2, 0.25) is 0 Å². The lowest BCUT2D eigenvalue weighted by atomic mass is 9.94. The summed E-state index contributed by atoms with van der Waals surface area (Å²) < 4.78 is 0. The highest BCUT2D eigenvalue weighted by molar-refractivity contribution is 6.13. The summed E-state index contributed by atoms with van der Waals surface area (Å²) >= 11 is 0. The minimum Gasteiger partial charge on any atom is -0.507 e. The quantitative estimate of drug-likeness (QED) is 0.811. The van der Waals surface area contributed by atoms with Crippen molar-refractivity contribution in [3.05, 3.63) is 42.0 Å². The number of nitrogens with zero attached hydrogens (tertiary/aromatic N) is 2. The predicted octanol–water partition coefficient (Wildman–Crippen LogP) is 2.39. The smallest absolute Gasteiger partial charge is 0.198 e. The van der Waals surface area contributed by atoms with E-state index in [2.05, 4.69) is 0 Å². The van der Waals surface area contributed by atoms with Crippen molar-refractivity contribution in [2.45, 2.75) is 0 Å². The molecule has 0 aliphatic heterocycles. The van der Waals surface area contributed by atoms with Crippen molar-refractivity contribution in [3.63, 3.8) is 0 Å². The fourth-order valence-electron chi connectivity index (χ4n) is 1.81. The number of hydrogen-bond acceptors (Lipinski definition) is 4. The van der Waals surface area contributed by atoms with Gasteiger partial charge in [-0.2, -0.15) is 10.5 Å². The molecule has 0 saturated heterocycles. The fraction of sp³-hybridized carbons (Fsp3) is 0.0714. The maximum Gasteiger partial charge on any atom is 0.198 e. The summed E-state index contributed by atoms with van der Waals surface area (Å²) in [7, 11) is 0. The molecule has 2 aromatic rings. The number of hydrogen-bond donors (Lipinski definition) is 1. The minimum atomic E-state index is -1.40. The first kappa shape index (κ1) is 11.6. The van der Waals surface area contributed by atoms with Crippen LogP contribution in [0, 0.1) is 28.6 Å². The molecule has 0 aliphatic carbocycles. The molecule has 4 heteroatoms. The molecule has 2 rings (SSSR count). The molecule has 0 radical (unpaired) electrons. The second-order valence-electron chi connectivity index (χ2n) is 3.74. The van der Waals surface area contributed by atoms with Crippen molar-refractivity contribution in [1.29, 1.82) is 10.5 Å². The van der Waals surface area contributed by atoms with Crippen LogP contribution in [0.3, 0.4) is 0 Å². The molecular weight excluding hydrogens is 228 g/mol. The van der Waals surface area contributed by atoms with E-state index in [4.69, 9.17) is 10.5 Å². The Morgan fingerprint density at radius 1 is 1.11 bits per heavy atom. The normalized spacial score (nSPS) is 9.94. The first-order chi connectivity index (χ1) is 8.69. The Morgan fingerprint density at radius 2 is 1.78 bits per heavy atom. The largest absolute Gasteiger partial charge is 0.507 e. The number of carbonyl (C=O) groups excluding carboxylic acids is 1. The summed E-state index contributed by atoms with van der Waals surface area (Å²) in [5.41, 5.74) is 0.0289. The van der Waals surface area contributed by atoms with Crippen molar-refractivity contribution in [2.24, 2.45) is 5.92 Å². The van der Waals surface area contributed by atoms with E-state index in [-0.39, 0.29) is 11.3 Å². The molecule has 0 aliphatic rings. The maximum atomic E-state index is 12.0. The summed E-state index contributed by atoms with van der Waals surface area (Å²) in [6.07, 6.45) is 0. The Kier molecular flexibility index (Phi) is 2.95. The van der Waals surface area contributed by atoms with Crippen molar-refractivity contribution in [2.75, 3.05) is 0 Å². The van der Waals surface area contributed by atoms with E-state index in [0.29, 0.717) is 5.39 Å². The number of phenols is 1. The highest BCUT2D eigenvalue weighted by Crippen LogP contribution is 2.29. The van der Waals surface area contributed by atoms with Gasteiger partial charge >= 0.3 is 0 Å². The van der Waals surface area contributed by atoms with Gasteiger partial charge in [-0.3, -0.25) is 4.79 Å². The van der Waals surface area contributed by atoms with Crippen LogP contribution < -0.4 is 0 Å². The van der Waals surface area contributed by atoms with Gasteiger partial charge in [0.05, 0.1) is 17.7 Å². The number of phenolic OH excluding ortho intramolecular Hbond substituents is 1. The molecule has 4 nitrogen and oxygen atoms in total. The van der Waals surface area contributed by atoms with Crippen LogP contribution in [0.2, 0.25) is 0 Å². The van der Waals surface area contributed by atoms with Gasteiger partial charge in [-0.25, -0.2) is 0 Å². The van der Waals surface area contributed by atoms with Crippen LogP contribution in [0.4, 0.5) is 0 Å². The van der Waals surface area contributed by atoms with Gasteiger partial charge in [0.25, 0.3) is 0 Å². The van der Waals surface area contributed by atoms with Gasteiger partial charge in [0, 0.05) is 0 Å². The van der Waals surface area contributed by atoms with Gasteiger partial charge in [-0.05, 0) is 16.8 Å². The first-order valence-electron chi connectivity index (χ1n) is 5.23. The van der Waals surface area contributed by atoms with Crippen LogP contribution in [0.15, 0.2) is 36.4 Å². The van der Waals surface area contributed by atoms with Gasteiger partial charge in [-0.15, -0.1) is 0 Å². The molecule has 0 saturated carbocycles. The number of nitriles is 2. The molecule has 0 unspecified atom stereocenters. The summed E-state index contributed by atoms with van der Waals surface area (Å²) in [5, 5.41) is 28.6. The summed E-state index contributed by atoms with van der Waals surface area (Å²) in [5.74, 6) is -2.29. The Labute approximate surface area is 103 Å². The molecule has 0 amide bonds. The number of Topliss-reactive ketones (excluding diaryl/α,β-unsaturated/α-hetero) is 1. The third-order valence-corrected chi connectivity index (χ3v) is 2.67. The second kappa shape index (κ2) is 4.57. The lowest BCUT2D eigenvalue weighted by Crippen LogP contribution is -2.11. The van der Waals surface area contributed by atoms with Crippen LogP contribution in [0.25, 0.3) is 10.8 Å². The summed E-state index contributed by atoms with van der Waals surface area (Å²) in [6, 6.07) is 13.3. The SMILES string of the molecule is N#CC(C#N)C(=O)c1c(O)ccc2ccccc12. The molecule has 2 aromatic carbocycles. The third kappa shape index (κ3) is 1.77. The lowest BCUT2D eigenvalue weighted by molar-refractivity contribution is 0.0970. The van der Waals surface area contributed by atoms with Gasteiger partial charge in [0.1, 0.15) is 5.75 Å². The first-order valence-corrected chi connectivity index (χ1v) is 5.23. The van der Waals surface area contributed by atoms with E-state index in [1.165, 1.54) is 6.07 Å². The van der Waals surface area contributed by atoms with E-state index >= 15 is 0 Å². The highest BCUT2D eigenvalue weighted by atomic mass is 16.3. The number of ketones is 1. The predicted molar refractivity (Wildman–Crippen MR) is 64.7 cm³/mol. The lowest BCUT2D eigenvalue weighted by Gasteiger charge is -2.08. The van der Waals surface area contributed by atoms with Gasteiger partial charge in [-0.1, -0.05) is 30.3 Å². The zero-order chi connectivity index (χ0) is 13.1. The number of rotatable bonds is 2. The summed E-state index contributed by atoms with van der Waals surface area (Å²) in [6.45, 7) is 0. The Hall–Kier alpha value is -2.85. The average Bonchev–Trinajstić information content (AvgIpc) is 2.39. The maximum absolute atomic E-state index is 12.0. The monoisotopic (exact) mass is 236 g/mol. The topological polar surface area (TPSA) is 84.9 Å². The standard InChI is InChI=1S/C14H8N2O2/c15-7-10(8-16)14(18)13-11-4-2-1-3-9(11)5-6-12(13)17/h1-6,10,17H. The van der Waals surface area contributed by atoms with Crippen LogP contribution in [0.5, 0.6) is 5.75 Å². The average molecular weight is 236 g/mol. The van der Waals surface area contributed by atoms with E-state index < -0.39 is 11.7 Å². The number of fused-ring (bicyclic) bond motifs is 1. The molecule has 18 heavy (non-hydrogen) atoms. The number of benzene rings is 2. The molecule has 86 valence electrons.